The highest BCUT2D eigenvalue weighted by Crippen LogP contribution is 2.33. The maximum Gasteiger partial charge on any atom is 0.257 e. The van der Waals surface area contributed by atoms with E-state index in [4.69, 9.17) is 0 Å². The summed E-state index contributed by atoms with van der Waals surface area (Å²) >= 11 is 0. The van der Waals surface area contributed by atoms with Crippen molar-refractivity contribution in [2.75, 3.05) is 13.1 Å². The van der Waals surface area contributed by atoms with E-state index in [2.05, 4.69) is 12.2 Å². The summed E-state index contributed by atoms with van der Waals surface area (Å²) in [6.45, 7) is 5.73. The van der Waals surface area contributed by atoms with E-state index in [0.717, 1.165) is 25.1 Å². The Morgan fingerprint density at radius 1 is 1.42 bits per heavy atom. The van der Waals surface area contributed by atoms with Gasteiger partial charge in [0.2, 0.25) is 0 Å². The summed E-state index contributed by atoms with van der Waals surface area (Å²) < 4.78 is 13.9. The Balaban J connectivity index is 1.93. The summed E-state index contributed by atoms with van der Waals surface area (Å²) in [6.07, 6.45) is 1.01. The molecule has 2 fully saturated rings. The third kappa shape index (κ3) is 2.04. The zero-order chi connectivity index (χ0) is 13.6. The molecule has 3 unspecified atom stereocenters. The Kier molecular flexibility index (Phi) is 3.05. The second kappa shape index (κ2) is 4.60. The van der Waals surface area contributed by atoms with Crippen LogP contribution < -0.4 is 5.32 Å². The van der Waals surface area contributed by atoms with Crippen LogP contribution in [-0.2, 0) is 0 Å². The molecule has 0 aliphatic carbocycles. The molecule has 0 bridgehead atoms. The number of carbonyl (C=O) groups is 1. The number of carbonyl (C=O) groups excluding carboxylic acids is 1. The van der Waals surface area contributed by atoms with E-state index >= 15 is 0 Å². The normalized spacial score (nSPS) is 29.6. The largest absolute Gasteiger partial charge is 0.331 e. The first-order valence-corrected chi connectivity index (χ1v) is 6.87. The first-order valence-electron chi connectivity index (χ1n) is 6.87. The van der Waals surface area contributed by atoms with Gasteiger partial charge in [0.05, 0.1) is 5.56 Å². The van der Waals surface area contributed by atoms with E-state index in [0.29, 0.717) is 5.92 Å². The summed E-state index contributed by atoms with van der Waals surface area (Å²) in [4.78, 5) is 14.5. The van der Waals surface area contributed by atoms with E-state index in [1.54, 1.807) is 12.1 Å². The molecule has 0 spiro atoms. The Hall–Kier alpha value is -1.42. The maximum absolute atomic E-state index is 13.9. The highest BCUT2D eigenvalue weighted by molar-refractivity contribution is 5.95. The van der Waals surface area contributed by atoms with E-state index in [1.165, 1.54) is 6.07 Å². The summed E-state index contributed by atoms with van der Waals surface area (Å²) in [5, 5.41) is 3.32. The van der Waals surface area contributed by atoms with Crippen LogP contribution in [0, 0.1) is 18.7 Å². The van der Waals surface area contributed by atoms with Gasteiger partial charge < -0.3 is 10.2 Å². The van der Waals surface area contributed by atoms with Crippen LogP contribution in [0.5, 0.6) is 0 Å². The van der Waals surface area contributed by atoms with Crippen molar-refractivity contribution >= 4 is 5.91 Å². The smallest absolute Gasteiger partial charge is 0.257 e. The molecular weight excluding hydrogens is 243 g/mol. The predicted molar refractivity (Wildman–Crippen MR) is 71.5 cm³/mol. The first kappa shape index (κ1) is 12.6. The van der Waals surface area contributed by atoms with Crippen molar-refractivity contribution in [1.82, 2.24) is 10.2 Å². The molecule has 2 aliphatic heterocycles. The lowest BCUT2D eigenvalue weighted by Crippen LogP contribution is -2.43. The van der Waals surface area contributed by atoms with Gasteiger partial charge in [-0.25, -0.2) is 4.39 Å². The Morgan fingerprint density at radius 3 is 3.00 bits per heavy atom. The predicted octanol–water partition coefficient (Wildman–Crippen LogP) is 1.96. The lowest BCUT2D eigenvalue weighted by Gasteiger charge is -2.28. The number of hydrogen-bond donors (Lipinski definition) is 1. The molecule has 2 saturated heterocycles. The van der Waals surface area contributed by atoms with Crippen LogP contribution in [0.3, 0.4) is 0 Å². The van der Waals surface area contributed by atoms with Gasteiger partial charge in [-0.2, -0.15) is 0 Å². The van der Waals surface area contributed by atoms with Crippen LogP contribution in [0.1, 0.15) is 29.3 Å². The molecule has 1 amide bonds. The zero-order valence-corrected chi connectivity index (χ0v) is 11.3. The van der Waals surface area contributed by atoms with Gasteiger partial charge in [-0.3, -0.25) is 4.79 Å². The quantitative estimate of drug-likeness (QED) is 0.839. The number of nitrogens with zero attached hydrogens (tertiary/aromatic N) is 1. The lowest BCUT2D eigenvalue weighted by atomic mass is 10.0. The molecule has 3 nitrogen and oxygen atoms in total. The first-order chi connectivity index (χ1) is 9.08. The van der Waals surface area contributed by atoms with Crippen molar-refractivity contribution in [2.45, 2.75) is 32.4 Å². The number of halogens is 1. The SMILES string of the molecule is Cc1ccc(F)c(C(=O)N2C(C)CC3CNCC32)c1. The van der Waals surface area contributed by atoms with E-state index in [-0.39, 0.29) is 23.6 Å². The molecular formula is C15H19FN2O. The van der Waals surface area contributed by atoms with Crippen LogP contribution in [0.25, 0.3) is 0 Å². The molecule has 3 atom stereocenters. The minimum absolute atomic E-state index is 0.162. The van der Waals surface area contributed by atoms with Gasteiger partial charge in [0.25, 0.3) is 5.91 Å². The molecule has 2 aliphatic rings. The van der Waals surface area contributed by atoms with Crippen LogP contribution in [0.2, 0.25) is 0 Å². The second-order valence-electron chi connectivity index (χ2n) is 5.77. The monoisotopic (exact) mass is 262 g/mol. The minimum atomic E-state index is -0.419. The second-order valence-corrected chi connectivity index (χ2v) is 5.77. The van der Waals surface area contributed by atoms with Gasteiger partial charge in [-0.15, -0.1) is 0 Å². The molecule has 4 heteroatoms. The third-order valence-corrected chi connectivity index (χ3v) is 4.37. The third-order valence-electron chi connectivity index (χ3n) is 4.37. The fourth-order valence-corrected chi connectivity index (χ4v) is 3.46. The maximum atomic E-state index is 13.9. The molecule has 1 aromatic rings. The van der Waals surface area contributed by atoms with E-state index in [9.17, 15) is 9.18 Å². The van der Waals surface area contributed by atoms with Crippen LogP contribution in [-0.4, -0.2) is 36.0 Å². The number of nitrogens with one attached hydrogen (secondary N) is 1. The van der Waals surface area contributed by atoms with Crippen molar-refractivity contribution in [2.24, 2.45) is 5.92 Å². The van der Waals surface area contributed by atoms with Gasteiger partial charge in [0, 0.05) is 25.2 Å². The highest BCUT2D eigenvalue weighted by Gasteiger charge is 2.44. The molecule has 2 heterocycles. The summed E-state index contributed by atoms with van der Waals surface area (Å²) in [5.41, 5.74) is 1.12. The number of likely N-dealkylation sites (tertiary alicyclic amines) is 1. The number of hydrogen-bond acceptors (Lipinski definition) is 2. The van der Waals surface area contributed by atoms with Gasteiger partial charge in [-0.1, -0.05) is 11.6 Å². The number of benzene rings is 1. The van der Waals surface area contributed by atoms with Crippen molar-refractivity contribution in [3.63, 3.8) is 0 Å². The van der Waals surface area contributed by atoms with Crippen molar-refractivity contribution < 1.29 is 9.18 Å². The van der Waals surface area contributed by atoms with E-state index < -0.39 is 5.82 Å². The molecule has 1 N–H and O–H groups in total. The Labute approximate surface area is 112 Å². The van der Waals surface area contributed by atoms with Gasteiger partial charge >= 0.3 is 0 Å². The molecule has 0 aromatic heterocycles. The number of fused-ring (bicyclic) bond motifs is 1. The van der Waals surface area contributed by atoms with Crippen molar-refractivity contribution in [1.29, 1.82) is 0 Å². The topological polar surface area (TPSA) is 32.3 Å². The van der Waals surface area contributed by atoms with Crippen molar-refractivity contribution in [3.05, 3.63) is 35.1 Å². The summed E-state index contributed by atoms with van der Waals surface area (Å²) in [7, 11) is 0. The van der Waals surface area contributed by atoms with Crippen molar-refractivity contribution in [3.8, 4) is 0 Å². The number of aryl methyl sites for hydroxylation is 1. The average molecular weight is 262 g/mol. The molecule has 0 saturated carbocycles. The Morgan fingerprint density at radius 2 is 2.21 bits per heavy atom. The van der Waals surface area contributed by atoms with Crippen LogP contribution >= 0.6 is 0 Å². The fraction of sp³-hybridized carbons (Fsp3) is 0.533. The number of amides is 1. The lowest BCUT2D eigenvalue weighted by molar-refractivity contribution is 0.0677. The Bertz CT molecular complexity index is 517. The fourth-order valence-electron chi connectivity index (χ4n) is 3.46. The van der Waals surface area contributed by atoms with Gasteiger partial charge in [0.1, 0.15) is 5.82 Å². The average Bonchev–Trinajstić information content (AvgIpc) is 2.91. The minimum Gasteiger partial charge on any atom is -0.331 e. The summed E-state index contributed by atoms with van der Waals surface area (Å²) in [5.74, 6) is -0.0612. The van der Waals surface area contributed by atoms with Gasteiger partial charge in [0.15, 0.2) is 0 Å². The molecule has 102 valence electrons. The molecule has 0 radical (unpaired) electrons. The standard InChI is InChI=1S/C15H19FN2O/c1-9-3-4-13(16)12(5-9)15(19)18-10(2)6-11-7-17-8-14(11)18/h3-5,10-11,14,17H,6-8H2,1-2H3. The summed E-state index contributed by atoms with van der Waals surface area (Å²) in [6, 6.07) is 5.15. The molecule has 19 heavy (non-hydrogen) atoms. The zero-order valence-electron chi connectivity index (χ0n) is 11.3. The van der Waals surface area contributed by atoms with E-state index in [1.807, 2.05) is 11.8 Å². The van der Waals surface area contributed by atoms with Gasteiger partial charge in [-0.05, 0) is 38.3 Å². The molecule has 3 rings (SSSR count). The highest BCUT2D eigenvalue weighted by atomic mass is 19.1. The van der Waals surface area contributed by atoms with Crippen LogP contribution in [0.15, 0.2) is 18.2 Å². The number of rotatable bonds is 1. The molecule has 1 aromatic carbocycles. The van der Waals surface area contributed by atoms with Crippen LogP contribution in [0.4, 0.5) is 4.39 Å².